The molecule has 0 saturated carbocycles. The maximum absolute atomic E-state index is 12.9. The summed E-state index contributed by atoms with van der Waals surface area (Å²) in [5.74, 6) is -0.163. The van der Waals surface area contributed by atoms with Gasteiger partial charge in [-0.3, -0.25) is 9.59 Å². The number of halogens is 1. The minimum Gasteiger partial charge on any atom is -0.330 e. The maximum Gasteiger partial charge on any atom is 0.254 e. The van der Waals surface area contributed by atoms with E-state index in [1.54, 1.807) is 29.0 Å². The topological polar surface area (TPSA) is 66.6 Å². The molecule has 1 aliphatic heterocycles. The van der Waals surface area contributed by atoms with Crippen LogP contribution in [0.5, 0.6) is 0 Å². The van der Waals surface area contributed by atoms with Crippen LogP contribution in [-0.4, -0.2) is 36.3 Å². The minimum absolute atomic E-state index is 0. The van der Waals surface area contributed by atoms with Crippen LogP contribution in [0.4, 0.5) is 5.69 Å². The summed E-state index contributed by atoms with van der Waals surface area (Å²) in [4.78, 5) is 29.0. The Morgan fingerprint density at radius 1 is 1.15 bits per heavy atom. The van der Waals surface area contributed by atoms with Crippen molar-refractivity contribution in [2.75, 3.05) is 18.5 Å². The van der Waals surface area contributed by atoms with Gasteiger partial charge in [0.1, 0.15) is 6.04 Å². The third-order valence-corrected chi connectivity index (χ3v) is 4.70. The van der Waals surface area contributed by atoms with E-state index in [0.29, 0.717) is 25.1 Å². The van der Waals surface area contributed by atoms with E-state index in [2.05, 4.69) is 0 Å². The summed E-state index contributed by atoms with van der Waals surface area (Å²) in [5, 5.41) is 0. The zero-order valence-electron chi connectivity index (χ0n) is 14.8. The quantitative estimate of drug-likeness (QED) is 0.896. The predicted molar refractivity (Wildman–Crippen MR) is 105 cm³/mol. The van der Waals surface area contributed by atoms with E-state index in [0.717, 1.165) is 17.7 Å². The Morgan fingerprint density at radius 2 is 1.81 bits per heavy atom. The third-order valence-electron chi connectivity index (χ3n) is 4.70. The van der Waals surface area contributed by atoms with Crippen LogP contribution < -0.4 is 10.6 Å². The van der Waals surface area contributed by atoms with Crippen LogP contribution in [0.25, 0.3) is 0 Å². The van der Waals surface area contributed by atoms with Crippen LogP contribution in [-0.2, 0) is 11.3 Å². The number of benzene rings is 2. The number of carbonyl (C=O) groups is 2. The fourth-order valence-electron chi connectivity index (χ4n) is 3.21. The van der Waals surface area contributed by atoms with Crippen LogP contribution in [0, 0.1) is 0 Å². The lowest BCUT2D eigenvalue weighted by Crippen LogP contribution is -2.53. The number of hydrogen-bond acceptors (Lipinski definition) is 3. The van der Waals surface area contributed by atoms with Gasteiger partial charge in [-0.1, -0.05) is 30.3 Å². The molecule has 0 radical (unpaired) electrons. The second-order valence-electron chi connectivity index (χ2n) is 6.30. The molecule has 1 atom stereocenters. The normalized spacial score (nSPS) is 16.8. The fourth-order valence-corrected chi connectivity index (χ4v) is 3.21. The van der Waals surface area contributed by atoms with E-state index < -0.39 is 6.04 Å². The molecule has 1 aliphatic rings. The van der Waals surface area contributed by atoms with Crippen molar-refractivity contribution >= 4 is 29.9 Å². The Balaban J connectivity index is 0.00000243. The Labute approximate surface area is 160 Å². The van der Waals surface area contributed by atoms with Crippen molar-refractivity contribution in [2.24, 2.45) is 5.73 Å². The predicted octanol–water partition coefficient (Wildman–Crippen LogP) is 2.83. The summed E-state index contributed by atoms with van der Waals surface area (Å²) in [6, 6.07) is 16.4. The van der Waals surface area contributed by atoms with Crippen LogP contribution in [0.2, 0.25) is 0 Å². The van der Waals surface area contributed by atoms with E-state index >= 15 is 0 Å². The van der Waals surface area contributed by atoms with Crippen LogP contribution in [0.3, 0.4) is 0 Å². The standard InChI is InChI=1S/C20H23N3O2.ClH/c1-22(19(24)16-11-9-15(14-21)10-12-16)18-8-5-13-23(20(18)25)17-6-3-2-4-7-17;/h2-4,6-7,9-12,18H,5,8,13-14,21H2,1H3;1H. The lowest BCUT2D eigenvalue weighted by atomic mass is 10.0. The first-order valence-corrected chi connectivity index (χ1v) is 8.54. The first kappa shape index (κ1) is 19.9. The zero-order chi connectivity index (χ0) is 17.8. The molecule has 3 rings (SSSR count). The average Bonchev–Trinajstić information content (AvgIpc) is 2.68. The molecule has 2 amide bonds. The molecule has 5 nitrogen and oxygen atoms in total. The van der Waals surface area contributed by atoms with Gasteiger partial charge in [0.25, 0.3) is 5.91 Å². The molecular weight excluding hydrogens is 350 g/mol. The maximum atomic E-state index is 12.9. The van der Waals surface area contributed by atoms with E-state index in [1.807, 2.05) is 42.5 Å². The fraction of sp³-hybridized carbons (Fsp3) is 0.300. The van der Waals surface area contributed by atoms with Gasteiger partial charge in [0.05, 0.1) is 0 Å². The Hall–Kier alpha value is -2.37. The van der Waals surface area contributed by atoms with Gasteiger partial charge in [0.2, 0.25) is 5.91 Å². The summed E-state index contributed by atoms with van der Waals surface area (Å²) < 4.78 is 0. The van der Waals surface area contributed by atoms with Crippen LogP contribution >= 0.6 is 12.4 Å². The van der Waals surface area contributed by atoms with Gasteiger partial charge < -0.3 is 15.5 Å². The summed E-state index contributed by atoms with van der Waals surface area (Å²) in [6.45, 7) is 1.13. The third kappa shape index (κ3) is 4.06. The molecule has 2 N–H and O–H groups in total. The number of rotatable bonds is 4. The summed E-state index contributed by atoms with van der Waals surface area (Å²) in [6.07, 6.45) is 1.56. The lowest BCUT2D eigenvalue weighted by Gasteiger charge is -2.36. The van der Waals surface area contributed by atoms with Crippen molar-refractivity contribution in [1.82, 2.24) is 4.90 Å². The second-order valence-corrected chi connectivity index (χ2v) is 6.30. The number of hydrogen-bond donors (Lipinski definition) is 1. The van der Waals surface area contributed by atoms with Gasteiger partial charge in [0.15, 0.2) is 0 Å². The summed E-state index contributed by atoms with van der Waals surface area (Å²) in [5.41, 5.74) is 8.02. The van der Waals surface area contributed by atoms with E-state index in [9.17, 15) is 9.59 Å². The molecule has 1 saturated heterocycles. The van der Waals surface area contributed by atoms with Gasteiger partial charge in [-0.05, 0) is 42.7 Å². The molecule has 1 unspecified atom stereocenters. The average molecular weight is 374 g/mol. The number of carbonyl (C=O) groups excluding carboxylic acids is 2. The Morgan fingerprint density at radius 3 is 2.42 bits per heavy atom. The van der Waals surface area contributed by atoms with Crippen LogP contribution in [0.1, 0.15) is 28.8 Å². The second kappa shape index (κ2) is 8.83. The number of para-hydroxylation sites is 1. The molecule has 26 heavy (non-hydrogen) atoms. The van der Waals surface area contributed by atoms with Gasteiger partial charge in [-0.15, -0.1) is 12.4 Å². The largest absolute Gasteiger partial charge is 0.330 e. The number of piperidine rings is 1. The SMILES string of the molecule is CN(C(=O)c1ccc(CN)cc1)C1CCCN(c2ccccc2)C1=O.Cl. The Bertz CT molecular complexity index is 749. The number of nitrogens with two attached hydrogens (primary N) is 1. The van der Waals surface area contributed by atoms with Crippen molar-refractivity contribution in [3.8, 4) is 0 Å². The molecule has 138 valence electrons. The monoisotopic (exact) mass is 373 g/mol. The molecule has 0 bridgehead atoms. The number of nitrogens with zero attached hydrogens (tertiary/aromatic N) is 2. The molecule has 1 heterocycles. The van der Waals surface area contributed by atoms with Gasteiger partial charge in [-0.25, -0.2) is 0 Å². The van der Waals surface area contributed by atoms with Crippen molar-refractivity contribution in [3.05, 3.63) is 65.7 Å². The summed E-state index contributed by atoms with van der Waals surface area (Å²) >= 11 is 0. The smallest absolute Gasteiger partial charge is 0.254 e. The van der Waals surface area contributed by atoms with Gasteiger partial charge in [0, 0.05) is 31.4 Å². The molecule has 0 spiro atoms. The first-order chi connectivity index (χ1) is 12.1. The lowest BCUT2D eigenvalue weighted by molar-refractivity contribution is -0.124. The molecular formula is C20H24ClN3O2. The molecule has 1 fully saturated rings. The molecule has 2 aromatic rings. The van der Waals surface area contributed by atoms with E-state index in [1.165, 1.54) is 0 Å². The van der Waals surface area contributed by atoms with Crippen molar-refractivity contribution < 1.29 is 9.59 Å². The Kier molecular flexibility index (Phi) is 6.77. The highest BCUT2D eigenvalue weighted by molar-refractivity contribution is 6.02. The molecule has 0 aliphatic carbocycles. The summed E-state index contributed by atoms with van der Waals surface area (Å²) in [7, 11) is 1.70. The van der Waals surface area contributed by atoms with Crippen LogP contribution in [0.15, 0.2) is 54.6 Å². The van der Waals surface area contributed by atoms with Gasteiger partial charge >= 0.3 is 0 Å². The van der Waals surface area contributed by atoms with Crippen molar-refractivity contribution in [3.63, 3.8) is 0 Å². The van der Waals surface area contributed by atoms with Crippen molar-refractivity contribution in [1.29, 1.82) is 0 Å². The van der Waals surface area contributed by atoms with E-state index in [-0.39, 0.29) is 24.2 Å². The highest BCUT2D eigenvalue weighted by Crippen LogP contribution is 2.24. The number of anilines is 1. The molecule has 0 aromatic heterocycles. The highest BCUT2D eigenvalue weighted by atomic mass is 35.5. The van der Waals surface area contributed by atoms with E-state index in [4.69, 9.17) is 5.73 Å². The van der Waals surface area contributed by atoms with Gasteiger partial charge in [-0.2, -0.15) is 0 Å². The highest BCUT2D eigenvalue weighted by Gasteiger charge is 2.34. The first-order valence-electron chi connectivity index (χ1n) is 8.54. The zero-order valence-corrected chi connectivity index (χ0v) is 15.6. The van der Waals surface area contributed by atoms with Crippen molar-refractivity contribution in [2.45, 2.75) is 25.4 Å². The molecule has 2 aromatic carbocycles. The number of amides is 2. The minimum atomic E-state index is -0.435. The molecule has 6 heteroatoms. The number of likely N-dealkylation sites (N-methyl/N-ethyl adjacent to an activating group) is 1.